The molecular weight excluding hydrogens is 139 g/mol. The minimum absolute atomic E-state index is 0.768. The molecule has 0 heterocycles. The van der Waals surface area contributed by atoms with Crippen LogP contribution in [0.2, 0.25) is 0 Å². The van der Waals surface area contributed by atoms with Gasteiger partial charge >= 0.3 is 5.70 Å². The minimum Gasteiger partial charge on any atom is -0.258 e. The summed E-state index contributed by atoms with van der Waals surface area (Å²) in [5.41, 5.74) is -0.769. The summed E-state index contributed by atoms with van der Waals surface area (Å²) in [4.78, 5) is 11.7. The van der Waals surface area contributed by atoms with Crippen LogP contribution in [0.1, 0.15) is 0 Å². The number of hydrogen-bond donors (Lipinski definition) is 0. The van der Waals surface area contributed by atoms with Crippen molar-refractivity contribution in [1.29, 1.82) is 0 Å². The molecule has 0 aliphatic heterocycles. The SMILES string of the molecule is C=C/C(=C(/F)N=C)[N+](=O)[O-]. The Balaban J connectivity index is 4.79. The molecule has 10 heavy (non-hydrogen) atoms. The molecule has 0 atom stereocenters. The van der Waals surface area contributed by atoms with Crippen molar-refractivity contribution in [3.05, 3.63) is 34.4 Å². The van der Waals surface area contributed by atoms with Crippen molar-refractivity contribution >= 4 is 6.72 Å². The Bertz CT molecular complexity index is 210. The van der Waals surface area contributed by atoms with Gasteiger partial charge in [-0.2, -0.15) is 4.39 Å². The zero-order valence-corrected chi connectivity index (χ0v) is 5.08. The van der Waals surface area contributed by atoms with Crippen LogP contribution >= 0.6 is 0 Å². The van der Waals surface area contributed by atoms with Crippen LogP contribution in [0.3, 0.4) is 0 Å². The first-order chi connectivity index (χ1) is 4.63. The molecule has 0 bridgehead atoms. The number of allylic oxidation sites excluding steroid dienone is 1. The Kier molecular flexibility index (Phi) is 2.96. The quantitative estimate of drug-likeness (QED) is 0.197. The molecule has 0 amide bonds. The lowest BCUT2D eigenvalue weighted by molar-refractivity contribution is -0.421. The van der Waals surface area contributed by atoms with Gasteiger partial charge in [-0.15, -0.1) is 0 Å². The Morgan fingerprint density at radius 2 is 2.30 bits per heavy atom. The van der Waals surface area contributed by atoms with Gasteiger partial charge in [-0.3, -0.25) is 10.1 Å². The fourth-order valence-electron chi connectivity index (χ4n) is 0.315. The van der Waals surface area contributed by atoms with E-state index in [2.05, 4.69) is 18.3 Å². The highest BCUT2D eigenvalue weighted by molar-refractivity contribution is 5.29. The fraction of sp³-hybridized carbons (Fsp3) is 0. The van der Waals surface area contributed by atoms with Crippen molar-refractivity contribution in [2.24, 2.45) is 4.99 Å². The second-order valence-electron chi connectivity index (χ2n) is 1.30. The average Bonchev–Trinajstić information content (AvgIpc) is 1.88. The van der Waals surface area contributed by atoms with E-state index in [4.69, 9.17) is 0 Å². The van der Waals surface area contributed by atoms with Gasteiger partial charge in [0.2, 0.25) is 0 Å². The lowest BCUT2D eigenvalue weighted by Gasteiger charge is -1.87. The molecule has 0 aromatic carbocycles. The van der Waals surface area contributed by atoms with Crippen LogP contribution in [0, 0.1) is 10.1 Å². The second-order valence-corrected chi connectivity index (χ2v) is 1.30. The molecule has 0 rings (SSSR count). The molecular formula is C5H5FN2O2. The third kappa shape index (κ3) is 1.77. The number of nitro groups is 1. The van der Waals surface area contributed by atoms with Crippen molar-refractivity contribution in [3.8, 4) is 0 Å². The van der Waals surface area contributed by atoms with Crippen LogP contribution in [0.15, 0.2) is 29.3 Å². The van der Waals surface area contributed by atoms with Gasteiger partial charge in [0.05, 0.1) is 4.92 Å². The summed E-state index contributed by atoms with van der Waals surface area (Å²) in [5, 5.41) is 9.88. The summed E-state index contributed by atoms with van der Waals surface area (Å²) < 4.78 is 12.2. The van der Waals surface area contributed by atoms with Crippen molar-refractivity contribution < 1.29 is 9.31 Å². The van der Waals surface area contributed by atoms with Gasteiger partial charge in [0, 0.05) is 6.08 Å². The maximum absolute atomic E-state index is 12.2. The van der Waals surface area contributed by atoms with Crippen LogP contribution in [0.5, 0.6) is 0 Å². The average molecular weight is 144 g/mol. The van der Waals surface area contributed by atoms with Gasteiger partial charge < -0.3 is 0 Å². The first-order valence-corrected chi connectivity index (χ1v) is 2.26. The number of rotatable bonds is 3. The van der Waals surface area contributed by atoms with E-state index < -0.39 is 16.6 Å². The number of halogens is 1. The fourth-order valence-corrected chi connectivity index (χ4v) is 0.315. The van der Waals surface area contributed by atoms with Crippen LogP contribution in [-0.2, 0) is 0 Å². The van der Waals surface area contributed by atoms with Gasteiger partial charge in [-0.05, 0) is 6.72 Å². The molecule has 4 nitrogen and oxygen atoms in total. The predicted molar refractivity (Wildman–Crippen MR) is 34.9 cm³/mol. The van der Waals surface area contributed by atoms with Crippen molar-refractivity contribution in [1.82, 2.24) is 0 Å². The van der Waals surface area contributed by atoms with Gasteiger partial charge in [-0.1, -0.05) is 6.58 Å². The topological polar surface area (TPSA) is 55.5 Å². The second kappa shape index (κ2) is 3.49. The summed E-state index contributed by atoms with van der Waals surface area (Å²) in [6, 6.07) is 0. The number of aliphatic imine (C=N–C) groups is 1. The van der Waals surface area contributed by atoms with Gasteiger partial charge in [-0.25, -0.2) is 4.99 Å². The van der Waals surface area contributed by atoms with E-state index in [0.29, 0.717) is 0 Å². The molecule has 0 radical (unpaired) electrons. The largest absolute Gasteiger partial charge is 0.323 e. The van der Waals surface area contributed by atoms with Crippen LogP contribution in [0.25, 0.3) is 0 Å². The van der Waals surface area contributed by atoms with Crippen LogP contribution < -0.4 is 0 Å². The maximum Gasteiger partial charge on any atom is 0.323 e. The molecule has 0 fully saturated rings. The molecule has 0 unspecified atom stereocenters. The Hall–Kier alpha value is -1.52. The van der Waals surface area contributed by atoms with E-state index in [-0.39, 0.29) is 0 Å². The highest BCUT2D eigenvalue weighted by Crippen LogP contribution is 2.07. The third-order valence-corrected chi connectivity index (χ3v) is 0.740. The lowest BCUT2D eigenvalue weighted by Crippen LogP contribution is -1.96. The van der Waals surface area contributed by atoms with E-state index >= 15 is 0 Å². The Labute approximate surface area is 56.5 Å². The van der Waals surface area contributed by atoms with E-state index in [1.165, 1.54) is 0 Å². The highest BCUT2D eigenvalue weighted by atomic mass is 19.1. The normalized spacial score (nSPS) is 11.7. The molecule has 54 valence electrons. The number of hydrogen-bond acceptors (Lipinski definition) is 3. The van der Waals surface area contributed by atoms with Crippen LogP contribution in [-0.4, -0.2) is 11.6 Å². The number of nitrogens with zero attached hydrogens (tertiary/aromatic N) is 2. The summed E-state index contributed by atoms with van der Waals surface area (Å²) in [6.07, 6.45) is 0.768. The first kappa shape index (κ1) is 8.48. The van der Waals surface area contributed by atoms with Crippen molar-refractivity contribution in [3.63, 3.8) is 0 Å². The van der Waals surface area contributed by atoms with Crippen molar-refractivity contribution in [2.75, 3.05) is 0 Å². The van der Waals surface area contributed by atoms with E-state index in [1.807, 2.05) is 0 Å². The molecule has 0 aliphatic rings. The maximum atomic E-state index is 12.2. The predicted octanol–water partition coefficient (Wildman–Crippen LogP) is 1.29. The molecule has 0 N–H and O–H groups in total. The molecule has 0 aromatic heterocycles. The van der Waals surface area contributed by atoms with Crippen molar-refractivity contribution in [2.45, 2.75) is 0 Å². The Morgan fingerprint density at radius 3 is 2.40 bits per heavy atom. The molecule has 0 saturated heterocycles. The summed E-state index contributed by atoms with van der Waals surface area (Å²) in [7, 11) is 0. The van der Waals surface area contributed by atoms with Gasteiger partial charge in [0.15, 0.2) is 0 Å². The molecule has 0 aliphatic carbocycles. The zero-order valence-electron chi connectivity index (χ0n) is 5.08. The monoisotopic (exact) mass is 144 g/mol. The summed E-state index contributed by atoms with van der Waals surface area (Å²) >= 11 is 0. The summed E-state index contributed by atoms with van der Waals surface area (Å²) in [5.74, 6) is -1.22. The molecule has 0 spiro atoms. The van der Waals surface area contributed by atoms with E-state index in [0.717, 1.165) is 6.08 Å². The van der Waals surface area contributed by atoms with Gasteiger partial charge in [0.1, 0.15) is 0 Å². The van der Waals surface area contributed by atoms with Gasteiger partial charge in [0.25, 0.3) is 5.95 Å². The Morgan fingerprint density at radius 1 is 1.80 bits per heavy atom. The smallest absolute Gasteiger partial charge is 0.258 e. The molecule has 0 aromatic rings. The first-order valence-electron chi connectivity index (χ1n) is 2.26. The third-order valence-electron chi connectivity index (χ3n) is 0.740. The zero-order chi connectivity index (χ0) is 8.15. The highest BCUT2D eigenvalue weighted by Gasteiger charge is 2.12. The summed E-state index contributed by atoms with van der Waals surface area (Å²) in [6.45, 7) is 5.80. The lowest BCUT2D eigenvalue weighted by atomic mass is 10.5. The standard InChI is InChI=1S/C5H5FN2O2/c1-3-4(8(9)10)5(6)7-2/h3H,1-2H2/b5-4+. The molecule has 0 saturated carbocycles. The van der Waals surface area contributed by atoms with E-state index in [1.54, 1.807) is 0 Å². The minimum atomic E-state index is -1.22. The van der Waals surface area contributed by atoms with E-state index in [9.17, 15) is 14.5 Å². The molecule has 5 heteroatoms. The van der Waals surface area contributed by atoms with Crippen LogP contribution in [0.4, 0.5) is 4.39 Å².